The maximum Gasteiger partial charge on any atom is 0.240 e. The van der Waals surface area contributed by atoms with Crippen molar-refractivity contribution in [2.45, 2.75) is 24.8 Å². The molecule has 0 aliphatic rings. The molecule has 3 rings (SSSR count). The zero-order valence-corrected chi connectivity index (χ0v) is 18.3. The van der Waals surface area contributed by atoms with Crippen molar-refractivity contribution in [3.63, 3.8) is 0 Å². The summed E-state index contributed by atoms with van der Waals surface area (Å²) in [6.45, 7) is 2.92. The minimum Gasteiger partial charge on any atom is -0.490 e. The average molecular weight is 435 g/mol. The Morgan fingerprint density at radius 2 is 1.71 bits per heavy atom. The first-order valence-corrected chi connectivity index (χ1v) is 11.2. The topological polar surface area (TPSA) is 59.9 Å². The first kappa shape index (κ1) is 22.4. The Morgan fingerprint density at radius 3 is 2.45 bits per heavy atom. The number of ether oxygens (including phenoxy) is 2. The van der Waals surface area contributed by atoms with Crippen LogP contribution in [0.5, 0.6) is 11.5 Å². The summed E-state index contributed by atoms with van der Waals surface area (Å²) < 4.78 is 11.6. The van der Waals surface area contributed by atoms with Gasteiger partial charge in [0.15, 0.2) is 11.5 Å². The van der Waals surface area contributed by atoms with E-state index in [9.17, 15) is 4.79 Å². The van der Waals surface area contributed by atoms with Crippen molar-refractivity contribution < 1.29 is 14.3 Å². The van der Waals surface area contributed by atoms with Crippen molar-refractivity contribution in [3.05, 3.63) is 90.0 Å². The number of amides is 1. The molecule has 0 unspecified atom stereocenters. The van der Waals surface area contributed by atoms with Gasteiger partial charge in [0, 0.05) is 17.1 Å². The van der Waals surface area contributed by atoms with Crippen LogP contribution in [0, 0.1) is 0 Å². The highest BCUT2D eigenvalue weighted by atomic mass is 32.2. The van der Waals surface area contributed by atoms with Gasteiger partial charge < -0.3 is 9.47 Å². The summed E-state index contributed by atoms with van der Waals surface area (Å²) >= 11 is 1.65. The lowest BCUT2D eigenvalue weighted by Gasteiger charge is -2.12. The van der Waals surface area contributed by atoms with Crippen LogP contribution in [0.3, 0.4) is 0 Å². The largest absolute Gasteiger partial charge is 0.490 e. The fourth-order valence-corrected chi connectivity index (χ4v) is 3.61. The fraction of sp³-hybridized carbons (Fsp3) is 0.200. The first-order valence-electron chi connectivity index (χ1n) is 10.2. The monoisotopic (exact) mass is 434 g/mol. The lowest BCUT2D eigenvalue weighted by Crippen LogP contribution is -2.17. The molecular weight excluding hydrogens is 408 g/mol. The van der Waals surface area contributed by atoms with Crippen LogP contribution in [-0.4, -0.2) is 24.5 Å². The molecule has 6 heteroatoms. The van der Waals surface area contributed by atoms with E-state index in [0.29, 0.717) is 36.9 Å². The predicted octanol–water partition coefficient (Wildman–Crippen LogP) is 5.30. The molecule has 0 bridgehead atoms. The Labute approximate surface area is 187 Å². The molecule has 31 heavy (non-hydrogen) atoms. The zero-order chi connectivity index (χ0) is 21.7. The number of hydrogen-bond donors (Lipinski definition) is 1. The van der Waals surface area contributed by atoms with Crippen LogP contribution in [0.1, 0.15) is 24.5 Å². The van der Waals surface area contributed by atoms with Gasteiger partial charge in [-0.1, -0.05) is 48.5 Å². The van der Waals surface area contributed by atoms with Crippen LogP contribution >= 0.6 is 11.8 Å². The molecule has 3 aromatic rings. The summed E-state index contributed by atoms with van der Waals surface area (Å²) in [5.74, 6) is 1.90. The molecule has 0 fully saturated rings. The maximum absolute atomic E-state index is 12.0. The van der Waals surface area contributed by atoms with Crippen LogP contribution in [0.4, 0.5) is 0 Å². The number of hydrazone groups is 1. The van der Waals surface area contributed by atoms with Gasteiger partial charge in [-0.05, 0) is 48.4 Å². The Balaban J connectivity index is 1.50. The molecule has 1 N–H and O–H groups in total. The van der Waals surface area contributed by atoms with Gasteiger partial charge in [0.2, 0.25) is 5.91 Å². The Kier molecular flexibility index (Phi) is 9.01. The fourth-order valence-electron chi connectivity index (χ4n) is 2.74. The third-order valence-electron chi connectivity index (χ3n) is 4.25. The number of nitrogens with zero attached hydrogens (tertiary/aromatic N) is 1. The summed E-state index contributed by atoms with van der Waals surface area (Å²) in [4.78, 5) is 13.1. The van der Waals surface area contributed by atoms with E-state index < -0.39 is 0 Å². The molecule has 0 aromatic heterocycles. The van der Waals surface area contributed by atoms with Gasteiger partial charge in [0.1, 0.15) is 6.61 Å². The number of thioether (sulfide) groups is 1. The van der Waals surface area contributed by atoms with E-state index in [1.165, 1.54) is 0 Å². The lowest BCUT2D eigenvalue weighted by atomic mass is 10.2. The highest BCUT2D eigenvalue weighted by Crippen LogP contribution is 2.29. The minimum absolute atomic E-state index is 0.118. The van der Waals surface area contributed by atoms with Gasteiger partial charge in [-0.15, -0.1) is 11.8 Å². The van der Waals surface area contributed by atoms with Crippen molar-refractivity contribution >= 4 is 23.9 Å². The summed E-state index contributed by atoms with van der Waals surface area (Å²) in [5, 5.41) is 4.06. The molecule has 0 atom stereocenters. The van der Waals surface area contributed by atoms with Crippen molar-refractivity contribution in [3.8, 4) is 11.5 Å². The van der Waals surface area contributed by atoms with E-state index in [0.717, 1.165) is 16.0 Å². The third-order valence-corrected chi connectivity index (χ3v) is 5.26. The van der Waals surface area contributed by atoms with Crippen LogP contribution in [-0.2, 0) is 11.4 Å². The molecule has 0 aliphatic carbocycles. The third kappa shape index (κ3) is 7.83. The van der Waals surface area contributed by atoms with E-state index >= 15 is 0 Å². The maximum atomic E-state index is 12.0. The van der Waals surface area contributed by atoms with Gasteiger partial charge >= 0.3 is 0 Å². The number of rotatable bonds is 11. The molecule has 1 amide bonds. The van der Waals surface area contributed by atoms with Crippen molar-refractivity contribution in [2.24, 2.45) is 5.10 Å². The van der Waals surface area contributed by atoms with E-state index in [1.54, 1.807) is 18.0 Å². The predicted molar refractivity (Wildman–Crippen MR) is 126 cm³/mol. The summed E-state index contributed by atoms with van der Waals surface area (Å²) in [7, 11) is 0. The average Bonchev–Trinajstić information content (AvgIpc) is 2.80. The second-order valence-corrected chi connectivity index (χ2v) is 7.79. The van der Waals surface area contributed by atoms with E-state index in [-0.39, 0.29) is 5.91 Å². The highest BCUT2D eigenvalue weighted by molar-refractivity contribution is 7.99. The number of carbonyl (C=O) groups is 1. The molecule has 0 heterocycles. The van der Waals surface area contributed by atoms with Crippen molar-refractivity contribution in [1.29, 1.82) is 0 Å². The molecule has 0 saturated carbocycles. The van der Waals surface area contributed by atoms with Crippen LogP contribution in [0.15, 0.2) is 88.9 Å². The minimum atomic E-state index is -0.118. The lowest BCUT2D eigenvalue weighted by molar-refractivity contribution is -0.120. The van der Waals surface area contributed by atoms with Gasteiger partial charge in [0.05, 0.1) is 12.8 Å². The summed E-state index contributed by atoms with van der Waals surface area (Å²) in [6, 6.07) is 25.6. The molecule has 0 radical (unpaired) electrons. The molecule has 0 saturated heterocycles. The van der Waals surface area contributed by atoms with Crippen LogP contribution < -0.4 is 14.9 Å². The van der Waals surface area contributed by atoms with E-state index in [1.807, 2.05) is 85.8 Å². The van der Waals surface area contributed by atoms with Crippen molar-refractivity contribution in [1.82, 2.24) is 5.43 Å². The van der Waals surface area contributed by atoms with E-state index in [2.05, 4.69) is 10.5 Å². The van der Waals surface area contributed by atoms with Crippen LogP contribution in [0.25, 0.3) is 0 Å². The standard InChI is InChI=1S/C25H26N2O3S/c1-2-29-24-17-21(13-14-23(24)30-19-20-9-5-3-6-10-20)18-26-27-25(28)15-16-31-22-11-7-4-8-12-22/h3-14,17-18H,2,15-16,19H2,1H3,(H,27,28)/b26-18+. The summed E-state index contributed by atoms with van der Waals surface area (Å²) in [6.07, 6.45) is 2.00. The normalized spacial score (nSPS) is 10.7. The zero-order valence-electron chi connectivity index (χ0n) is 17.5. The van der Waals surface area contributed by atoms with Gasteiger partial charge in [-0.25, -0.2) is 5.43 Å². The molecule has 3 aromatic carbocycles. The Bertz CT molecular complexity index is 979. The second-order valence-electron chi connectivity index (χ2n) is 6.62. The van der Waals surface area contributed by atoms with Gasteiger partial charge in [-0.3, -0.25) is 4.79 Å². The number of nitrogens with one attached hydrogen (secondary N) is 1. The Morgan fingerprint density at radius 1 is 0.968 bits per heavy atom. The smallest absolute Gasteiger partial charge is 0.240 e. The summed E-state index contributed by atoms with van der Waals surface area (Å²) in [5.41, 5.74) is 4.48. The SMILES string of the molecule is CCOc1cc(/C=N/NC(=O)CCSc2ccccc2)ccc1OCc1ccccc1. The first-order chi connectivity index (χ1) is 15.2. The van der Waals surface area contributed by atoms with Crippen LogP contribution in [0.2, 0.25) is 0 Å². The molecule has 0 aliphatic heterocycles. The Hall–Kier alpha value is -3.25. The molecule has 5 nitrogen and oxygen atoms in total. The van der Waals surface area contributed by atoms with E-state index in [4.69, 9.17) is 9.47 Å². The molecule has 160 valence electrons. The molecular formula is C25H26N2O3S. The highest BCUT2D eigenvalue weighted by Gasteiger charge is 2.07. The number of hydrogen-bond acceptors (Lipinski definition) is 5. The second kappa shape index (κ2) is 12.4. The number of carbonyl (C=O) groups excluding carboxylic acids is 1. The van der Waals surface area contributed by atoms with Gasteiger partial charge in [0.25, 0.3) is 0 Å². The molecule has 0 spiro atoms. The number of benzene rings is 3. The van der Waals surface area contributed by atoms with Crippen molar-refractivity contribution in [2.75, 3.05) is 12.4 Å². The quantitative estimate of drug-likeness (QED) is 0.253. The van der Waals surface area contributed by atoms with Gasteiger partial charge in [-0.2, -0.15) is 5.10 Å².